The molecule has 0 aromatic heterocycles. The summed E-state index contributed by atoms with van der Waals surface area (Å²) in [6.07, 6.45) is 0.144. The van der Waals surface area contributed by atoms with Crippen molar-refractivity contribution >= 4 is 47.4 Å². The number of aliphatic hydroxyl groups is 1. The highest BCUT2D eigenvalue weighted by Gasteiger charge is 2.33. The molecule has 0 bridgehead atoms. The topological polar surface area (TPSA) is 321 Å². The molecule has 0 heterocycles. The van der Waals surface area contributed by atoms with Crippen LogP contribution in [-0.4, -0.2) is 118 Å². The minimum Gasteiger partial charge on any atom is -0.481 e. The minimum atomic E-state index is -1.73. The summed E-state index contributed by atoms with van der Waals surface area (Å²) >= 11 is 0. The van der Waals surface area contributed by atoms with Crippen LogP contribution in [0.25, 0.3) is 0 Å². The molecule has 0 saturated heterocycles. The third-order valence-electron chi connectivity index (χ3n) is 7.81. The normalized spacial score (nSPS) is 14.9. The molecule has 0 saturated carbocycles. The first-order chi connectivity index (χ1) is 24.9. The van der Waals surface area contributed by atoms with Gasteiger partial charge in [-0.1, -0.05) is 44.2 Å². The van der Waals surface area contributed by atoms with Crippen LogP contribution in [0.3, 0.4) is 0 Å². The molecule has 19 nitrogen and oxygen atoms in total. The maximum atomic E-state index is 13.5. The van der Waals surface area contributed by atoms with Gasteiger partial charge in [-0.3, -0.25) is 33.6 Å². The zero-order chi connectivity index (χ0) is 40.2. The molecule has 1 aromatic carbocycles. The van der Waals surface area contributed by atoms with Crippen molar-refractivity contribution in [3.8, 4) is 0 Å². The molecule has 0 aliphatic carbocycles. The van der Waals surface area contributed by atoms with Gasteiger partial charge < -0.3 is 58.7 Å². The third-order valence-corrected chi connectivity index (χ3v) is 7.81. The lowest BCUT2D eigenvalue weighted by atomic mass is 10.0. The minimum absolute atomic E-state index is 0.0492. The number of amides is 6. The molecule has 0 aliphatic rings. The summed E-state index contributed by atoms with van der Waals surface area (Å²) in [5, 5.41) is 42.8. The van der Waals surface area contributed by atoms with Gasteiger partial charge in [-0.2, -0.15) is 0 Å². The Hall–Kier alpha value is -5.14. The standard InChI is InChI=1S/C34H54N8O11/c1-18(2)14-23(40-32(50)24(39-28(46)19(3)36)15-21-10-6-5-7-11-21)31(49)41-25(16-27(44)45)30(48)37-20(4)29(47)42-26(17-43)33(51)38-22(34(52)53)12-8-9-13-35/h5-7,10-11,18-20,22-26,43H,8-9,12-17,35-36H2,1-4H3,(H,37,48)(H,38,51)(H,39,46)(H,40,50)(H,41,49)(H,42,47)(H,44,45)(H,52,53)/t19-,20-,22-,23-,24-,25-,26-/m0/s1. The summed E-state index contributed by atoms with van der Waals surface area (Å²) in [7, 11) is 0. The van der Waals surface area contributed by atoms with Gasteiger partial charge >= 0.3 is 11.9 Å². The molecule has 19 heteroatoms. The lowest BCUT2D eigenvalue weighted by Gasteiger charge is -2.27. The van der Waals surface area contributed by atoms with Crippen LogP contribution in [0.2, 0.25) is 0 Å². The van der Waals surface area contributed by atoms with Crippen LogP contribution in [0.1, 0.15) is 65.4 Å². The van der Waals surface area contributed by atoms with Crippen molar-refractivity contribution in [2.24, 2.45) is 17.4 Å². The highest BCUT2D eigenvalue weighted by molar-refractivity contribution is 5.98. The number of hydrogen-bond acceptors (Lipinski definition) is 11. The zero-order valence-electron chi connectivity index (χ0n) is 30.4. The van der Waals surface area contributed by atoms with Crippen LogP contribution in [-0.2, 0) is 44.8 Å². The molecular formula is C34H54N8O11. The number of nitrogens with one attached hydrogen (secondary N) is 6. The largest absolute Gasteiger partial charge is 0.481 e. The molecule has 296 valence electrons. The number of hydrogen-bond donors (Lipinski definition) is 11. The highest BCUT2D eigenvalue weighted by Crippen LogP contribution is 2.10. The Kier molecular flexibility index (Phi) is 20.3. The smallest absolute Gasteiger partial charge is 0.326 e. The fourth-order valence-corrected chi connectivity index (χ4v) is 4.89. The molecule has 53 heavy (non-hydrogen) atoms. The predicted octanol–water partition coefficient (Wildman–Crippen LogP) is -2.77. The summed E-state index contributed by atoms with van der Waals surface area (Å²) in [5.41, 5.74) is 11.8. The highest BCUT2D eigenvalue weighted by atomic mass is 16.4. The summed E-state index contributed by atoms with van der Waals surface area (Å²) < 4.78 is 0. The van der Waals surface area contributed by atoms with E-state index in [4.69, 9.17) is 11.5 Å². The first-order valence-electron chi connectivity index (χ1n) is 17.3. The van der Waals surface area contributed by atoms with E-state index in [0.717, 1.165) is 0 Å². The van der Waals surface area contributed by atoms with Gasteiger partial charge in [0.15, 0.2) is 0 Å². The zero-order valence-corrected chi connectivity index (χ0v) is 30.4. The lowest BCUT2D eigenvalue weighted by Crippen LogP contribution is -2.60. The van der Waals surface area contributed by atoms with E-state index >= 15 is 0 Å². The van der Waals surface area contributed by atoms with Crippen molar-refractivity contribution in [2.75, 3.05) is 13.2 Å². The lowest BCUT2D eigenvalue weighted by molar-refractivity contribution is -0.142. The number of unbranched alkanes of at least 4 members (excludes halogenated alkanes) is 1. The molecule has 1 rings (SSSR count). The quantitative estimate of drug-likeness (QED) is 0.0478. The van der Waals surface area contributed by atoms with E-state index in [1.165, 1.54) is 13.8 Å². The molecule has 13 N–H and O–H groups in total. The Morgan fingerprint density at radius 3 is 1.68 bits per heavy atom. The number of carboxylic acids is 2. The van der Waals surface area contributed by atoms with Crippen LogP contribution in [0, 0.1) is 5.92 Å². The van der Waals surface area contributed by atoms with Crippen LogP contribution in [0.15, 0.2) is 30.3 Å². The molecule has 1 aromatic rings. The van der Waals surface area contributed by atoms with E-state index in [0.29, 0.717) is 24.9 Å². The van der Waals surface area contributed by atoms with Gasteiger partial charge in [0.2, 0.25) is 35.4 Å². The molecule has 0 radical (unpaired) electrons. The van der Waals surface area contributed by atoms with Gasteiger partial charge in [0.05, 0.1) is 19.1 Å². The second kappa shape index (κ2) is 23.4. The first kappa shape index (κ1) is 45.9. The predicted molar refractivity (Wildman–Crippen MR) is 190 cm³/mol. The van der Waals surface area contributed by atoms with Crippen molar-refractivity contribution in [3.63, 3.8) is 0 Å². The third kappa shape index (κ3) is 17.3. The van der Waals surface area contributed by atoms with Gasteiger partial charge in [-0.15, -0.1) is 0 Å². The second-order valence-corrected chi connectivity index (χ2v) is 13.0. The number of nitrogens with two attached hydrogens (primary N) is 2. The van der Waals surface area contributed by atoms with E-state index in [2.05, 4.69) is 31.9 Å². The number of carbonyl (C=O) groups is 8. The molecule has 0 spiro atoms. The number of aliphatic carboxylic acids is 2. The van der Waals surface area contributed by atoms with Gasteiger partial charge in [-0.25, -0.2) is 4.79 Å². The van der Waals surface area contributed by atoms with E-state index in [9.17, 15) is 53.7 Å². The van der Waals surface area contributed by atoms with Crippen molar-refractivity contribution in [2.45, 2.75) is 109 Å². The van der Waals surface area contributed by atoms with Gasteiger partial charge in [0, 0.05) is 6.42 Å². The summed E-state index contributed by atoms with van der Waals surface area (Å²) in [6, 6.07) is -0.707. The molecular weight excluding hydrogens is 696 g/mol. The van der Waals surface area contributed by atoms with Crippen molar-refractivity contribution in [1.29, 1.82) is 0 Å². The summed E-state index contributed by atoms with van der Waals surface area (Å²) in [6.45, 7) is 5.54. The Morgan fingerprint density at radius 2 is 1.15 bits per heavy atom. The van der Waals surface area contributed by atoms with E-state index in [1.807, 2.05) is 0 Å². The number of benzene rings is 1. The van der Waals surface area contributed by atoms with E-state index < -0.39 is 103 Å². The average molecular weight is 751 g/mol. The SMILES string of the molecule is CC(C)C[C@H](NC(=O)[C@H](Cc1ccccc1)NC(=O)[C@H](C)N)C(=O)N[C@@H](CC(=O)O)C(=O)N[C@@H](C)C(=O)N[C@@H](CO)C(=O)N[C@@H](CCCCN)C(=O)O. The van der Waals surface area contributed by atoms with Gasteiger partial charge in [0.25, 0.3) is 0 Å². The Labute approximate surface area is 307 Å². The Morgan fingerprint density at radius 1 is 0.642 bits per heavy atom. The monoisotopic (exact) mass is 750 g/mol. The maximum Gasteiger partial charge on any atom is 0.326 e. The maximum absolute atomic E-state index is 13.5. The van der Waals surface area contributed by atoms with Gasteiger partial charge in [-0.05, 0) is 57.6 Å². The van der Waals surface area contributed by atoms with E-state index in [1.54, 1.807) is 44.2 Å². The first-order valence-corrected chi connectivity index (χ1v) is 17.3. The second-order valence-electron chi connectivity index (χ2n) is 13.0. The average Bonchev–Trinajstić information content (AvgIpc) is 3.08. The Bertz CT molecular complexity index is 1410. The number of carbonyl (C=O) groups excluding carboxylic acids is 6. The van der Waals surface area contributed by atoms with Crippen LogP contribution in [0.5, 0.6) is 0 Å². The summed E-state index contributed by atoms with van der Waals surface area (Å²) in [5.74, 6) is -8.36. The van der Waals surface area contributed by atoms with Crippen molar-refractivity contribution in [1.82, 2.24) is 31.9 Å². The Balaban J connectivity index is 3.09. The van der Waals surface area contributed by atoms with Crippen LogP contribution in [0.4, 0.5) is 0 Å². The van der Waals surface area contributed by atoms with Crippen molar-refractivity contribution in [3.05, 3.63) is 35.9 Å². The fourth-order valence-electron chi connectivity index (χ4n) is 4.89. The molecule has 0 unspecified atom stereocenters. The van der Waals surface area contributed by atoms with Gasteiger partial charge in [0.1, 0.15) is 36.3 Å². The fraction of sp³-hybridized carbons (Fsp3) is 0.588. The number of rotatable bonds is 24. The molecule has 0 aliphatic heterocycles. The molecule has 0 fully saturated rings. The van der Waals surface area contributed by atoms with Crippen LogP contribution >= 0.6 is 0 Å². The summed E-state index contributed by atoms with van der Waals surface area (Å²) in [4.78, 5) is 101. The number of carboxylic acid groups (broad SMARTS) is 2. The number of aliphatic hydroxyl groups excluding tert-OH is 1. The molecule has 6 amide bonds. The molecule has 7 atom stereocenters. The van der Waals surface area contributed by atoms with Crippen LogP contribution < -0.4 is 43.4 Å². The van der Waals surface area contributed by atoms with Crippen molar-refractivity contribution < 1.29 is 53.7 Å². The van der Waals surface area contributed by atoms with E-state index in [-0.39, 0.29) is 25.2 Å².